The first-order valence-electron chi connectivity index (χ1n) is 8.30. The zero-order valence-electron chi connectivity index (χ0n) is 15.3. The number of esters is 2. The van der Waals surface area contributed by atoms with E-state index in [1.165, 1.54) is 0 Å². The molecule has 1 amide bonds. The predicted molar refractivity (Wildman–Crippen MR) is 99.1 cm³/mol. The number of ether oxygens (including phenoxy) is 2. The minimum atomic E-state index is -0.978. The lowest BCUT2D eigenvalue weighted by molar-refractivity contribution is -0.384. The fourth-order valence-corrected chi connectivity index (χ4v) is 2.22. The highest BCUT2D eigenvalue weighted by Gasteiger charge is 2.20. The van der Waals surface area contributed by atoms with Gasteiger partial charge in [-0.3, -0.25) is 14.9 Å². The Kier molecular flexibility index (Phi) is 6.80. The summed E-state index contributed by atoms with van der Waals surface area (Å²) < 4.78 is 9.68. The number of nitrogens with one attached hydrogen (secondary N) is 1. The maximum absolute atomic E-state index is 12.2. The Morgan fingerprint density at radius 1 is 1.00 bits per heavy atom. The number of carbonyl (C=O) groups excluding carboxylic acids is 3. The van der Waals surface area contributed by atoms with Crippen LogP contribution in [0.3, 0.4) is 0 Å². The van der Waals surface area contributed by atoms with Gasteiger partial charge in [-0.05, 0) is 32.0 Å². The summed E-state index contributed by atoms with van der Waals surface area (Å²) in [5, 5.41) is 13.6. The van der Waals surface area contributed by atoms with Crippen molar-refractivity contribution in [1.82, 2.24) is 0 Å². The van der Waals surface area contributed by atoms with Crippen LogP contribution in [0.2, 0.25) is 0 Å². The Labute approximate surface area is 160 Å². The zero-order chi connectivity index (χ0) is 20.7. The van der Waals surface area contributed by atoms with Crippen molar-refractivity contribution in [3.05, 3.63) is 69.3 Å². The Bertz CT molecular complexity index is 907. The fourth-order valence-electron chi connectivity index (χ4n) is 2.22. The van der Waals surface area contributed by atoms with E-state index in [0.717, 1.165) is 23.8 Å². The van der Waals surface area contributed by atoms with Gasteiger partial charge >= 0.3 is 11.9 Å². The Morgan fingerprint density at radius 2 is 1.57 bits per heavy atom. The molecule has 0 bridgehead atoms. The van der Waals surface area contributed by atoms with Crippen molar-refractivity contribution in [1.29, 1.82) is 0 Å². The van der Waals surface area contributed by atoms with E-state index in [0.29, 0.717) is 5.69 Å². The minimum Gasteiger partial charge on any atom is -0.462 e. The quantitative estimate of drug-likeness (QED) is 0.440. The van der Waals surface area contributed by atoms with Gasteiger partial charge in [-0.25, -0.2) is 9.59 Å². The van der Waals surface area contributed by atoms with Gasteiger partial charge in [0.05, 0.1) is 22.7 Å². The van der Waals surface area contributed by atoms with Gasteiger partial charge in [0.25, 0.3) is 11.6 Å². The van der Waals surface area contributed by atoms with Gasteiger partial charge in [-0.2, -0.15) is 0 Å². The van der Waals surface area contributed by atoms with Crippen LogP contribution in [-0.2, 0) is 14.3 Å². The number of rotatable bonds is 7. The van der Waals surface area contributed by atoms with E-state index in [1.54, 1.807) is 19.1 Å². The lowest BCUT2D eigenvalue weighted by Gasteiger charge is -2.08. The van der Waals surface area contributed by atoms with Gasteiger partial charge in [-0.1, -0.05) is 17.7 Å². The topological polar surface area (TPSA) is 125 Å². The molecule has 0 unspecified atom stereocenters. The number of aryl methyl sites for hydroxylation is 1. The third-order valence-corrected chi connectivity index (χ3v) is 3.55. The molecule has 0 aliphatic heterocycles. The molecule has 9 nitrogen and oxygen atoms in total. The number of hydrogen-bond donors (Lipinski definition) is 1. The van der Waals surface area contributed by atoms with Crippen LogP contribution in [0.4, 0.5) is 11.4 Å². The molecule has 2 aromatic carbocycles. The molecule has 0 aliphatic rings. The Morgan fingerprint density at radius 3 is 2.11 bits per heavy atom. The molecule has 0 saturated heterocycles. The van der Waals surface area contributed by atoms with Crippen molar-refractivity contribution in [2.24, 2.45) is 0 Å². The van der Waals surface area contributed by atoms with Gasteiger partial charge in [0.2, 0.25) is 0 Å². The van der Waals surface area contributed by atoms with E-state index < -0.39 is 35.1 Å². The van der Waals surface area contributed by atoms with Gasteiger partial charge in [0.15, 0.2) is 6.61 Å². The van der Waals surface area contributed by atoms with Crippen molar-refractivity contribution in [2.75, 3.05) is 18.5 Å². The van der Waals surface area contributed by atoms with E-state index in [2.05, 4.69) is 5.32 Å². The minimum absolute atomic E-state index is 0.0699. The van der Waals surface area contributed by atoms with Crippen molar-refractivity contribution >= 4 is 29.2 Å². The standard InChI is InChI=1S/C19H18N2O7/c1-3-27-18(23)13-8-14(10-16(9-13)21(25)26)19(24)28-11-17(22)20-15-6-4-12(2)5-7-15/h4-10H,3,11H2,1-2H3,(H,20,22). The second-order valence-electron chi connectivity index (χ2n) is 5.74. The first-order valence-corrected chi connectivity index (χ1v) is 8.30. The van der Waals surface area contributed by atoms with Gasteiger partial charge in [-0.15, -0.1) is 0 Å². The molecule has 0 aromatic heterocycles. The van der Waals surface area contributed by atoms with Gasteiger partial charge in [0.1, 0.15) is 0 Å². The van der Waals surface area contributed by atoms with E-state index in [4.69, 9.17) is 9.47 Å². The molecular formula is C19H18N2O7. The zero-order valence-corrected chi connectivity index (χ0v) is 15.3. The second-order valence-corrected chi connectivity index (χ2v) is 5.74. The molecule has 0 fully saturated rings. The number of nitrogens with zero attached hydrogens (tertiary/aromatic N) is 1. The molecule has 9 heteroatoms. The van der Waals surface area contributed by atoms with Gasteiger partial charge < -0.3 is 14.8 Å². The monoisotopic (exact) mass is 386 g/mol. The second kappa shape index (κ2) is 9.26. The molecule has 2 aromatic rings. The summed E-state index contributed by atoms with van der Waals surface area (Å²) in [5.74, 6) is -2.36. The molecule has 0 spiro atoms. The number of amides is 1. The van der Waals surface area contributed by atoms with Crippen LogP contribution in [0, 0.1) is 17.0 Å². The fraction of sp³-hybridized carbons (Fsp3) is 0.211. The highest BCUT2D eigenvalue weighted by atomic mass is 16.6. The molecule has 0 atom stereocenters. The third kappa shape index (κ3) is 5.63. The average Bonchev–Trinajstić information content (AvgIpc) is 2.67. The Balaban J connectivity index is 2.07. The number of carbonyl (C=O) groups is 3. The summed E-state index contributed by atoms with van der Waals surface area (Å²) in [6.07, 6.45) is 0. The third-order valence-electron chi connectivity index (χ3n) is 3.55. The van der Waals surface area contributed by atoms with Crippen LogP contribution < -0.4 is 5.32 Å². The summed E-state index contributed by atoms with van der Waals surface area (Å²) in [4.78, 5) is 46.2. The van der Waals surface area contributed by atoms with Gasteiger partial charge in [0, 0.05) is 17.8 Å². The smallest absolute Gasteiger partial charge is 0.338 e. The summed E-state index contributed by atoms with van der Waals surface area (Å²) >= 11 is 0. The summed E-state index contributed by atoms with van der Waals surface area (Å²) in [7, 11) is 0. The molecule has 0 radical (unpaired) electrons. The SMILES string of the molecule is CCOC(=O)c1cc(C(=O)OCC(=O)Nc2ccc(C)cc2)cc([N+](=O)[O-])c1. The first-order chi connectivity index (χ1) is 13.3. The van der Waals surface area contributed by atoms with Crippen LogP contribution in [0.5, 0.6) is 0 Å². The molecule has 2 rings (SSSR count). The number of hydrogen-bond acceptors (Lipinski definition) is 7. The molecular weight excluding hydrogens is 368 g/mol. The highest BCUT2D eigenvalue weighted by Crippen LogP contribution is 2.19. The first kappa shape index (κ1) is 20.6. The lowest BCUT2D eigenvalue weighted by atomic mass is 10.1. The number of nitro groups is 1. The summed E-state index contributed by atoms with van der Waals surface area (Å²) in [6.45, 7) is 2.96. The average molecular weight is 386 g/mol. The maximum atomic E-state index is 12.2. The predicted octanol–water partition coefficient (Wildman–Crippen LogP) is 2.88. The lowest BCUT2D eigenvalue weighted by Crippen LogP contribution is -2.21. The van der Waals surface area contributed by atoms with Crippen LogP contribution in [0.25, 0.3) is 0 Å². The largest absolute Gasteiger partial charge is 0.462 e. The Hall–Kier alpha value is -3.75. The molecule has 0 saturated carbocycles. The van der Waals surface area contributed by atoms with Crippen LogP contribution in [0.15, 0.2) is 42.5 Å². The van der Waals surface area contributed by atoms with E-state index in [-0.39, 0.29) is 17.7 Å². The summed E-state index contributed by atoms with van der Waals surface area (Å²) in [6, 6.07) is 10.1. The molecule has 0 heterocycles. The van der Waals surface area contributed by atoms with E-state index in [1.807, 2.05) is 19.1 Å². The molecule has 1 N–H and O–H groups in total. The number of benzene rings is 2. The number of non-ortho nitro benzene ring substituents is 1. The van der Waals surface area contributed by atoms with Crippen LogP contribution in [-0.4, -0.2) is 36.0 Å². The van der Waals surface area contributed by atoms with Crippen molar-refractivity contribution in [3.8, 4) is 0 Å². The van der Waals surface area contributed by atoms with E-state index in [9.17, 15) is 24.5 Å². The molecule has 28 heavy (non-hydrogen) atoms. The molecule has 0 aliphatic carbocycles. The molecule has 146 valence electrons. The number of anilines is 1. The van der Waals surface area contributed by atoms with E-state index >= 15 is 0 Å². The van der Waals surface area contributed by atoms with Crippen molar-refractivity contribution in [3.63, 3.8) is 0 Å². The maximum Gasteiger partial charge on any atom is 0.338 e. The highest BCUT2D eigenvalue weighted by molar-refractivity contribution is 5.98. The normalized spacial score (nSPS) is 10.1. The van der Waals surface area contributed by atoms with Crippen LogP contribution in [0.1, 0.15) is 33.2 Å². The summed E-state index contributed by atoms with van der Waals surface area (Å²) in [5.41, 5.74) is 0.688. The van der Waals surface area contributed by atoms with Crippen molar-refractivity contribution in [2.45, 2.75) is 13.8 Å². The van der Waals surface area contributed by atoms with Crippen molar-refractivity contribution < 1.29 is 28.8 Å². The number of nitro benzene ring substituents is 1. The van der Waals surface area contributed by atoms with Crippen LogP contribution >= 0.6 is 0 Å².